The van der Waals surface area contributed by atoms with E-state index in [1.807, 2.05) is 0 Å². The van der Waals surface area contributed by atoms with Crippen molar-refractivity contribution in [3.05, 3.63) is 59.3 Å². The molecule has 0 saturated carbocycles. The molecule has 1 aliphatic heterocycles. The Labute approximate surface area is 186 Å². The molecule has 0 radical (unpaired) electrons. The van der Waals surface area contributed by atoms with Gasteiger partial charge in [0.2, 0.25) is 0 Å². The number of nitrogens with zero attached hydrogens (tertiary/aromatic N) is 3. The maximum absolute atomic E-state index is 13.7. The molecule has 0 aliphatic carbocycles. The number of aliphatic imine (C=N–C) groups is 1. The standard InChI is InChI=1S/C20H25FN4O3.HI/c1-22-20(23-13-15-5-6-17(21)16(12-15)14-27-2)25-9-7-24(8-10-25)19(26)18-4-3-11-28-18;/h3-6,11-12H,7-10,13-14H2,1-2H3,(H,22,23);1H. The minimum Gasteiger partial charge on any atom is -0.459 e. The van der Waals surface area contributed by atoms with Crippen molar-refractivity contribution < 1.29 is 18.3 Å². The lowest BCUT2D eigenvalue weighted by Crippen LogP contribution is -2.53. The first-order chi connectivity index (χ1) is 13.6. The number of piperazine rings is 1. The molecule has 0 spiro atoms. The third-order valence-corrected chi connectivity index (χ3v) is 4.67. The van der Waals surface area contributed by atoms with Crippen molar-refractivity contribution >= 4 is 35.8 Å². The predicted molar refractivity (Wildman–Crippen MR) is 119 cm³/mol. The van der Waals surface area contributed by atoms with E-state index in [4.69, 9.17) is 9.15 Å². The van der Waals surface area contributed by atoms with Crippen molar-refractivity contribution in [1.29, 1.82) is 0 Å². The number of benzene rings is 1. The summed E-state index contributed by atoms with van der Waals surface area (Å²) in [5.74, 6) is 0.749. The Bertz CT molecular complexity index is 821. The Morgan fingerprint density at radius 1 is 1.24 bits per heavy atom. The largest absolute Gasteiger partial charge is 0.459 e. The van der Waals surface area contributed by atoms with E-state index in [9.17, 15) is 9.18 Å². The number of rotatable bonds is 5. The lowest BCUT2D eigenvalue weighted by molar-refractivity contribution is 0.0657. The topological polar surface area (TPSA) is 70.3 Å². The maximum atomic E-state index is 13.7. The van der Waals surface area contributed by atoms with E-state index in [-0.39, 0.29) is 42.3 Å². The van der Waals surface area contributed by atoms with Gasteiger partial charge in [0.05, 0.1) is 12.9 Å². The fourth-order valence-electron chi connectivity index (χ4n) is 3.19. The summed E-state index contributed by atoms with van der Waals surface area (Å²) in [6.07, 6.45) is 1.50. The molecule has 0 bridgehead atoms. The molecule has 1 aliphatic rings. The normalized spacial score (nSPS) is 14.5. The Morgan fingerprint density at radius 3 is 2.59 bits per heavy atom. The summed E-state index contributed by atoms with van der Waals surface area (Å²) < 4.78 is 24.0. The number of nitrogens with one attached hydrogen (secondary N) is 1. The van der Waals surface area contributed by atoms with Crippen LogP contribution in [0.15, 0.2) is 46.0 Å². The second-order valence-electron chi connectivity index (χ2n) is 6.52. The van der Waals surface area contributed by atoms with Crippen molar-refractivity contribution in [2.45, 2.75) is 13.2 Å². The maximum Gasteiger partial charge on any atom is 0.289 e. The zero-order chi connectivity index (χ0) is 19.9. The number of hydrogen-bond donors (Lipinski definition) is 1. The van der Waals surface area contributed by atoms with Crippen molar-refractivity contribution in [2.24, 2.45) is 4.99 Å². The zero-order valence-electron chi connectivity index (χ0n) is 16.6. The van der Waals surface area contributed by atoms with E-state index in [0.717, 1.165) is 11.5 Å². The minimum absolute atomic E-state index is 0. The minimum atomic E-state index is -0.271. The molecule has 1 aromatic carbocycles. The fourth-order valence-corrected chi connectivity index (χ4v) is 3.19. The molecule has 1 aromatic heterocycles. The molecule has 2 heterocycles. The zero-order valence-corrected chi connectivity index (χ0v) is 18.9. The van der Waals surface area contributed by atoms with Gasteiger partial charge >= 0.3 is 0 Å². The lowest BCUT2D eigenvalue weighted by Gasteiger charge is -2.36. The molecule has 158 valence electrons. The quantitative estimate of drug-likeness (QED) is 0.376. The first-order valence-corrected chi connectivity index (χ1v) is 9.17. The first kappa shape index (κ1) is 23.1. The Balaban J connectivity index is 0.00000300. The number of guanidine groups is 1. The molecule has 1 saturated heterocycles. The SMILES string of the molecule is CN=C(NCc1ccc(F)c(COC)c1)N1CCN(C(=O)c2ccco2)CC1.I. The van der Waals surface area contributed by atoms with E-state index < -0.39 is 0 Å². The molecule has 1 fully saturated rings. The summed E-state index contributed by atoms with van der Waals surface area (Å²) in [6, 6.07) is 8.37. The van der Waals surface area contributed by atoms with E-state index in [2.05, 4.69) is 15.2 Å². The van der Waals surface area contributed by atoms with Crippen LogP contribution < -0.4 is 5.32 Å². The number of carbonyl (C=O) groups excluding carboxylic acids is 1. The molecule has 0 atom stereocenters. The predicted octanol–water partition coefficient (Wildman–Crippen LogP) is 2.72. The molecule has 7 nitrogen and oxygen atoms in total. The fraction of sp³-hybridized carbons (Fsp3) is 0.400. The van der Waals surface area contributed by atoms with Crippen LogP contribution in [0.4, 0.5) is 4.39 Å². The first-order valence-electron chi connectivity index (χ1n) is 9.17. The van der Waals surface area contributed by atoms with Gasteiger partial charge in [-0.15, -0.1) is 24.0 Å². The van der Waals surface area contributed by atoms with Crippen LogP contribution in [0.3, 0.4) is 0 Å². The summed E-state index contributed by atoms with van der Waals surface area (Å²) in [5, 5.41) is 3.31. The number of amides is 1. The summed E-state index contributed by atoms with van der Waals surface area (Å²) in [4.78, 5) is 20.6. The summed E-state index contributed by atoms with van der Waals surface area (Å²) in [6.45, 7) is 3.29. The van der Waals surface area contributed by atoms with Crippen LogP contribution in [0.2, 0.25) is 0 Å². The molecule has 2 aromatic rings. The van der Waals surface area contributed by atoms with Crippen molar-refractivity contribution in [1.82, 2.24) is 15.1 Å². The summed E-state index contributed by atoms with van der Waals surface area (Å²) >= 11 is 0. The molecular formula is C20H26FIN4O3. The lowest BCUT2D eigenvalue weighted by atomic mass is 10.1. The number of methoxy groups -OCH3 is 1. The molecule has 1 N–H and O–H groups in total. The molecule has 3 rings (SSSR count). The average molecular weight is 516 g/mol. The van der Waals surface area contributed by atoms with Crippen LogP contribution in [-0.2, 0) is 17.9 Å². The Hall–Kier alpha value is -2.14. The highest BCUT2D eigenvalue weighted by Crippen LogP contribution is 2.13. The van der Waals surface area contributed by atoms with Crippen molar-refractivity contribution in [3.63, 3.8) is 0 Å². The van der Waals surface area contributed by atoms with Gasteiger partial charge in [-0.2, -0.15) is 0 Å². The number of furan rings is 1. The van der Waals surface area contributed by atoms with Gasteiger partial charge in [-0.3, -0.25) is 9.79 Å². The Kier molecular flexibility index (Phi) is 8.90. The van der Waals surface area contributed by atoms with E-state index in [0.29, 0.717) is 44.0 Å². The molecule has 29 heavy (non-hydrogen) atoms. The van der Waals surface area contributed by atoms with Gasteiger partial charge < -0.3 is 24.3 Å². The van der Waals surface area contributed by atoms with Gasteiger partial charge in [-0.1, -0.05) is 6.07 Å². The highest BCUT2D eigenvalue weighted by Gasteiger charge is 2.25. The van der Waals surface area contributed by atoms with Gasteiger partial charge in [0, 0.05) is 52.4 Å². The molecule has 1 amide bonds. The van der Waals surface area contributed by atoms with Gasteiger partial charge in [0.1, 0.15) is 5.82 Å². The Morgan fingerprint density at radius 2 is 1.97 bits per heavy atom. The summed E-state index contributed by atoms with van der Waals surface area (Å²) in [7, 11) is 3.27. The van der Waals surface area contributed by atoms with Crippen LogP contribution >= 0.6 is 24.0 Å². The molecule has 9 heteroatoms. The van der Waals surface area contributed by atoms with Crippen LogP contribution in [0.5, 0.6) is 0 Å². The van der Waals surface area contributed by atoms with Crippen molar-refractivity contribution in [2.75, 3.05) is 40.3 Å². The smallest absolute Gasteiger partial charge is 0.289 e. The van der Waals surface area contributed by atoms with Crippen molar-refractivity contribution in [3.8, 4) is 0 Å². The highest BCUT2D eigenvalue weighted by atomic mass is 127. The second kappa shape index (κ2) is 11.1. The van der Waals surface area contributed by atoms with Crippen LogP contribution in [-0.4, -0.2) is 62.0 Å². The third-order valence-electron chi connectivity index (χ3n) is 4.67. The van der Waals surface area contributed by atoms with E-state index in [1.165, 1.54) is 12.3 Å². The van der Waals surface area contributed by atoms with Crippen LogP contribution in [0.1, 0.15) is 21.7 Å². The summed E-state index contributed by atoms with van der Waals surface area (Å²) in [5.41, 5.74) is 1.48. The van der Waals surface area contributed by atoms with Gasteiger partial charge in [-0.05, 0) is 29.8 Å². The number of halogens is 2. The monoisotopic (exact) mass is 516 g/mol. The molecule has 0 unspecified atom stereocenters. The number of hydrogen-bond acceptors (Lipinski definition) is 4. The van der Waals surface area contributed by atoms with Gasteiger partial charge in [-0.25, -0.2) is 4.39 Å². The highest BCUT2D eigenvalue weighted by molar-refractivity contribution is 14.0. The van der Waals surface area contributed by atoms with Crippen LogP contribution in [0, 0.1) is 5.82 Å². The third kappa shape index (κ3) is 5.92. The van der Waals surface area contributed by atoms with Gasteiger partial charge in [0.15, 0.2) is 11.7 Å². The number of ether oxygens (including phenoxy) is 1. The van der Waals surface area contributed by atoms with E-state index >= 15 is 0 Å². The molecular weight excluding hydrogens is 490 g/mol. The van der Waals surface area contributed by atoms with E-state index in [1.54, 1.807) is 43.3 Å². The second-order valence-corrected chi connectivity index (χ2v) is 6.52. The number of carbonyl (C=O) groups is 1. The van der Waals surface area contributed by atoms with Gasteiger partial charge in [0.25, 0.3) is 5.91 Å². The average Bonchev–Trinajstić information content (AvgIpc) is 3.26. The van der Waals surface area contributed by atoms with Crippen LogP contribution in [0.25, 0.3) is 0 Å².